The van der Waals surface area contributed by atoms with Gasteiger partial charge in [0.1, 0.15) is 0 Å². The maximum atomic E-state index is 10.9. The zero-order valence-electron chi connectivity index (χ0n) is 7.86. The van der Waals surface area contributed by atoms with Gasteiger partial charge < -0.3 is 11.1 Å². The monoisotopic (exact) mass is 222 g/mol. The van der Waals surface area contributed by atoms with E-state index in [1.54, 1.807) is 0 Å². The second-order valence-corrected chi connectivity index (χ2v) is 4.64. The standard InChI is InChI=1S/C7H14N2O4S/c1-3-6(10)9-7(2,4-8)5-14(11,12)13/h3H,1,4-5,8H2,2H3,(H,9,10)(H,11,12,13). The molecule has 0 aromatic rings. The molecular formula is C7H14N2O4S. The third kappa shape index (κ3) is 4.95. The van der Waals surface area contributed by atoms with E-state index in [1.807, 2.05) is 0 Å². The summed E-state index contributed by atoms with van der Waals surface area (Å²) in [6.45, 7) is 4.52. The maximum Gasteiger partial charge on any atom is 0.267 e. The van der Waals surface area contributed by atoms with E-state index < -0.39 is 27.3 Å². The van der Waals surface area contributed by atoms with Gasteiger partial charge in [-0.25, -0.2) is 0 Å². The number of carbonyl (C=O) groups excluding carboxylic acids is 1. The first-order valence-corrected chi connectivity index (χ1v) is 5.43. The maximum absolute atomic E-state index is 10.9. The van der Waals surface area contributed by atoms with Gasteiger partial charge in [0.05, 0.1) is 11.3 Å². The van der Waals surface area contributed by atoms with Crippen molar-refractivity contribution in [2.75, 3.05) is 12.3 Å². The molecule has 1 unspecified atom stereocenters. The van der Waals surface area contributed by atoms with Crippen molar-refractivity contribution in [2.45, 2.75) is 12.5 Å². The van der Waals surface area contributed by atoms with Crippen molar-refractivity contribution in [1.29, 1.82) is 0 Å². The minimum atomic E-state index is -4.18. The van der Waals surface area contributed by atoms with Crippen LogP contribution >= 0.6 is 0 Å². The van der Waals surface area contributed by atoms with Crippen LogP contribution in [0.25, 0.3) is 0 Å². The van der Waals surface area contributed by atoms with Crippen molar-refractivity contribution in [2.24, 2.45) is 5.73 Å². The van der Waals surface area contributed by atoms with Crippen LogP contribution in [-0.4, -0.2) is 36.7 Å². The summed E-state index contributed by atoms with van der Waals surface area (Å²) in [6, 6.07) is 0. The molecule has 82 valence electrons. The van der Waals surface area contributed by atoms with Crippen molar-refractivity contribution < 1.29 is 17.8 Å². The van der Waals surface area contributed by atoms with Crippen LogP contribution in [0.2, 0.25) is 0 Å². The second-order valence-electron chi connectivity index (χ2n) is 3.18. The predicted molar refractivity (Wildman–Crippen MR) is 52.2 cm³/mol. The first-order valence-electron chi connectivity index (χ1n) is 3.82. The van der Waals surface area contributed by atoms with Crippen LogP contribution in [0, 0.1) is 0 Å². The van der Waals surface area contributed by atoms with Gasteiger partial charge in [-0.1, -0.05) is 6.58 Å². The Hall–Kier alpha value is -0.920. The average molecular weight is 222 g/mol. The molecule has 0 aromatic carbocycles. The molecule has 0 heterocycles. The Kier molecular flexibility index (Phi) is 4.24. The van der Waals surface area contributed by atoms with E-state index in [1.165, 1.54) is 6.92 Å². The van der Waals surface area contributed by atoms with Crippen molar-refractivity contribution >= 4 is 16.0 Å². The fourth-order valence-corrected chi connectivity index (χ4v) is 1.89. The lowest BCUT2D eigenvalue weighted by molar-refractivity contribution is -0.117. The normalized spacial score (nSPS) is 15.6. The molecule has 6 nitrogen and oxygen atoms in total. The lowest BCUT2D eigenvalue weighted by Gasteiger charge is -2.27. The number of nitrogens with one attached hydrogen (secondary N) is 1. The van der Waals surface area contributed by atoms with Gasteiger partial charge in [0.2, 0.25) is 5.91 Å². The first-order chi connectivity index (χ1) is 6.22. The lowest BCUT2D eigenvalue weighted by atomic mass is 10.1. The van der Waals surface area contributed by atoms with Crippen molar-refractivity contribution in [3.05, 3.63) is 12.7 Å². The highest BCUT2D eigenvalue weighted by Crippen LogP contribution is 2.05. The third-order valence-corrected chi connectivity index (χ3v) is 2.56. The molecule has 0 spiro atoms. The van der Waals surface area contributed by atoms with E-state index in [0.29, 0.717) is 0 Å². The molecule has 0 aliphatic rings. The van der Waals surface area contributed by atoms with Crippen LogP contribution in [0.4, 0.5) is 0 Å². The molecule has 14 heavy (non-hydrogen) atoms. The van der Waals surface area contributed by atoms with Crippen molar-refractivity contribution in [1.82, 2.24) is 5.32 Å². The van der Waals surface area contributed by atoms with Crippen LogP contribution in [0.15, 0.2) is 12.7 Å². The average Bonchev–Trinajstić information content (AvgIpc) is 2.00. The topological polar surface area (TPSA) is 109 Å². The highest BCUT2D eigenvalue weighted by molar-refractivity contribution is 7.85. The van der Waals surface area contributed by atoms with E-state index in [4.69, 9.17) is 10.3 Å². The Morgan fingerprint density at radius 3 is 2.50 bits per heavy atom. The van der Waals surface area contributed by atoms with Crippen LogP contribution in [0.5, 0.6) is 0 Å². The smallest absolute Gasteiger partial charge is 0.267 e. The van der Waals surface area contributed by atoms with E-state index in [-0.39, 0.29) is 6.54 Å². The van der Waals surface area contributed by atoms with Crippen molar-refractivity contribution in [3.63, 3.8) is 0 Å². The van der Waals surface area contributed by atoms with Gasteiger partial charge in [-0.05, 0) is 13.0 Å². The van der Waals surface area contributed by atoms with Crippen LogP contribution in [0.3, 0.4) is 0 Å². The molecule has 0 aromatic heterocycles. The first kappa shape index (κ1) is 13.1. The van der Waals surface area contributed by atoms with E-state index >= 15 is 0 Å². The molecule has 0 saturated heterocycles. The molecule has 7 heteroatoms. The third-order valence-electron chi connectivity index (χ3n) is 1.56. The number of rotatable bonds is 5. The Labute approximate surface area is 82.9 Å². The fraction of sp³-hybridized carbons (Fsp3) is 0.571. The molecule has 0 fully saturated rings. The highest BCUT2D eigenvalue weighted by atomic mass is 32.2. The summed E-state index contributed by atoms with van der Waals surface area (Å²) in [5.41, 5.74) is 4.11. The Morgan fingerprint density at radius 1 is 1.71 bits per heavy atom. The summed E-state index contributed by atoms with van der Waals surface area (Å²) in [7, 11) is -4.18. The van der Waals surface area contributed by atoms with Gasteiger partial charge in [-0.2, -0.15) is 8.42 Å². The number of hydrogen-bond acceptors (Lipinski definition) is 4. The lowest BCUT2D eigenvalue weighted by Crippen LogP contribution is -2.55. The largest absolute Gasteiger partial charge is 0.345 e. The van der Waals surface area contributed by atoms with Gasteiger partial charge in [-0.15, -0.1) is 0 Å². The van der Waals surface area contributed by atoms with Gasteiger partial charge in [0, 0.05) is 6.54 Å². The number of carbonyl (C=O) groups is 1. The second kappa shape index (κ2) is 4.54. The molecule has 0 radical (unpaired) electrons. The Balaban J connectivity index is 4.64. The minimum Gasteiger partial charge on any atom is -0.345 e. The summed E-state index contributed by atoms with van der Waals surface area (Å²) in [4.78, 5) is 10.9. The summed E-state index contributed by atoms with van der Waals surface area (Å²) in [5, 5.41) is 2.33. The van der Waals surface area contributed by atoms with Gasteiger partial charge >= 0.3 is 0 Å². The van der Waals surface area contributed by atoms with Crippen LogP contribution in [0.1, 0.15) is 6.92 Å². The molecule has 1 amide bonds. The summed E-state index contributed by atoms with van der Waals surface area (Å²) < 4.78 is 29.8. The van der Waals surface area contributed by atoms with E-state index in [0.717, 1.165) is 6.08 Å². The van der Waals surface area contributed by atoms with Gasteiger partial charge in [-0.3, -0.25) is 9.35 Å². The highest BCUT2D eigenvalue weighted by Gasteiger charge is 2.29. The van der Waals surface area contributed by atoms with Crippen LogP contribution < -0.4 is 11.1 Å². The molecule has 0 rings (SSSR count). The zero-order valence-corrected chi connectivity index (χ0v) is 8.67. The van der Waals surface area contributed by atoms with Crippen molar-refractivity contribution in [3.8, 4) is 0 Å². The summed E-state index contributed by atoms with van der Waals surface area (Å²) in [5.74, 6) is -1.17. The minimum absolute atomic E-state index is 0.105. The van der Waals surface area contributed by atoms with E-state index in [2.05, 4.69) is 11.9 Å². The Bertz CT molecular complexity index is 325. The molecule has 0 bridgehead atoms. The molecule has 1 atom stereocenters. The summed E-state index contributed by atoms with van der Waals surface area (Å²) in [6.07, 6.45) is 0.998. The SMILES string of the molecule is C=CC(=O)NC(C)(CN)CS(=O)(=O)O. The number of nitrogens with two attached hydrogens (primary N) is 1. The zero-order chi connectivity index (χ0) is 11.4. The number of hydrogen-bond donors (Lipinski definition) is 3. The van der Waals surface area contributed by atoms with Gasteiger partial charge in [0.15, 0.2) is 0 Å². The fourth-order valence-electron chi connectivity index (χ4n) is 0.897. The molecule has 4 N–H and O–H groups in total. The molecule has 0 saturated carbocycles. The summed E-state index contributed by atoms with van der Waals surface area (Å²) >= 11 is 0. The van der Waals surface area contributed by atoms with E-state index in [9.17, 15) is 13.2 Å². The molecule has 0 aliphatic carbocycles. The molecule has 0 aliphatic heterocycles. The Morgan fingerprint density at radius 2 is 2.21 bits per heavy atom. The quantitative estimate of drug-likeness (QED) is 0.404. The predicted octanol–water partition coefficient (Wildman–Crippen LogP) is -1.11. The molecular weight excluding hydrogens is 208 g/mol. The van der Waals surface area contributed by atoms with Crippen LogP contribution in [-0.2, 0) is 14.9 Å². The number of amides is 1. The van der Waals surface area contributed by atoms with Gasteiger partial charge in [0.25, 0.3) is 10.1 Å².